The van der Waals surface area contributed by atoms with E-state index in [0.717, 1.165) is 25.6 Å². The monoisotopic (exact) mass is 262 g/mol. The molecule has 2 nitrogen and oxygen atoms in total. The summed E-state index contributed by atoms with van der Waals surface area (Å²) in [7, 11) is 2.22. The molecule has 0 saturated carbocycles. The second-order valence-corrected chi connectivity index (χ2v) is 6.08. The number of hydrogen-bond acceptors (Lipinski definition) is 2. The number of benzene rings is 1. The van der Waals surface area contributed by atoms with Crippen molar-refractivity contribution in [3.63, 3.8) is 0 Å². The van der Waals surface area contributed by atoms with Gasteiger partial charge in [0.15, 0.2) is 0 Å². The van der Waals surface area contributed by atoms with Crippen molar-refractivity contribution in [2.24, 2.45) is 5.92 Å². The molecule has 1 N–H and O–H groups in total. The van der Waals surface area contributed by atoms with E-state index in [0.29, 0.717) is 6.04 Å². The summed E-state index contributed by atoms with van der Waals surface area (Å²) in [5, 5.41) is 3.52. The number of nitrogens with one attached hydrogen (secondary N) is 1. The molecule has 1 aromatic carbocycles. The van der Waals surface area contributed by atoms with E-state index in [9.17, 15) is 0 Å². The van der Waals surface area contributed by atoms with Crippen LogP contribution in [0.4, 0.5) is 0 Å². The second-order valence-electron chi connectivity index (χ2n) is 6.08. The van der Waals surface area contributed by atoms with Crippen molar-refractivity contribution in [2.75, 3.05) is 20.1 Å². The molecule has 0 aliphatic carbocycles. The highest BCUT2D eigenvalue weighted by atomic mass is 15.1. The van der Waals surface area contributed by atoms with E-state index in [-0.39, 0.29) is 0 Å². The Morgan fingerprint density at radius 1 is 1.16 bits per heavy atom. The third-order valence-corrected chi connectivity index (χ3v) is 3.72. The van der Waals surface area contributed by atoms with Crippen LogP contribution in [0.3, 0.4) is 0 Å². The van der Waals surface area contributed by atoms with Gasteiger partial charge in [-0.05, 0) is 57.5 Å². The van der Waals surface area contributed by atoms with Gasteiger partial charge in [-0.15, -0.1) is 0 Å². The van der Waals surface area contributed by atoms with Gasteiger partial charge in [0.05, 0.1) is 0 Å². The minimum atomic E-state index is 0.610. The standard InChI is InChI=1S/C17H30N2/c1-14(2)12-18-11-10-16(4)19(5)13-17-9-7-6-8-15(17)3/h6-9,14,16,18H,10-13H2,1-5H3. The zero-order valence-electron chi connectivity index (χ0n) is 13.2. The molecule has 2 heteroatoms. The summed E-state index contributed by atoms with van der Waals surface area (Å²) in [6, 6.07) is 9.27. The summed E-state index contributed by atoms with van der Waals surface area (Å²) in [4.78, 5) is 2.44. The molecular formula is C17H30N2. The molecule has 0 spiro atoms. The van der Waals surface area contributed by atoms with Gasteiger partial charge in [-0.1, -0.05) is 38.1 Å². The van der Waals surface area contributed by atoms with Crippen LogP contribution in [0.2, 0.25) is 0 Å². The van der Waals surface area contributed by atoms with Crippen molar-refractivity contribution < 1.29 is 0 Å². The quantitative estimate of drug-likeness (QED) is 0.722. The van der Waals surface area contributed by atoms with Crippen LogP contribution >= 0.6 is 0 Å². The highest BCUT2D eigenvalue weighted by Gasteiger charge is 2.10. The van der Waals surface area contributed by atoms with Crippen LogP contribution in [0, 0.1) is 12.8 Å². The van der Waals surface area contributed by atoms with Crippen LogP contribution in [0.25, 0.3) is 0 Å². The lowest BCUT2D eigenvalue weighted by Crippen LogP contribution is -2.32. The van der Waals surface area contributed by atoms with E-state index >= 15 is 0 Å². The maximum Gasteiger partial charge on any atom is 0.0236 e. The zero-order chi connectivity index (χ0) is 14.3. The molecule has 1 unspecified atom stereocenters. The van der Waals surface area contributed by atoms with E-state index < -0.39 is 0 Å². The molecule has 1 aromatic rings. The van der Waals surface area contributed by atoms with Gasteiger partial charge >= 0.3 is 0 Å². The molecule has 0 aromatic heterocycles. The van der Waals surface area contributed by atoms with Gasteiger partial charge in [-0.25, -0.2) is 0 Å². The molecule has 0 bridgehead atoms. The Morgan fingerprint density at radius 3 is 2.47 bits per heavy atom. The van der Waals surface area contributed by atoms with Crippen LogP contribution in [0.15, 0.2) is 24.3 Å². The highest BCUT2D eigenvalue weighted by Crippen LogP contribution is 2.12. The first-order valence-corrected chi connectivity index (χ1v) is 7.46. The summed E-state index contributed by atoms with van der Waals surface area (Å²) in [5.74, 6) is 0.736. The highest BCUT2D eigenvalue weighted by molar-refractivity contribution is 5.25. The fourth-order valence-corrected chi connectivity index (χ4v) is 2.13. The number of aryl methyl sites for hydroxylation is 1. The van der Waals surface area contributed by atoms with Crippen molar-refractivity contribution in [3.05, 3.63) is 35.4 Å². The van der Waals surface area contributed by atoms with Gasteiger partial charge in [0.25, 0.3) is 0 Å². The van der Waals surface area contributed by atoms with Crippen LogP contribution in [-0.4, -0.2) is 31.1 Å². The molecular weight excluding hydrogens is 232 g/mol. The van der Waals surface area contributed by atoms with Gasteiger partial charge in [0.2, 0.25) is 0 Å². The molecule has 0 aliphatic rings. The smallest absolute Gasteiger partial charge is 0.0236 e. The molecule has 0 radical (unpaired) electrons. The summed E-state index contributed by atoms with van der Waals surface area (Å²) in [5.41, 5.74) is 2.83. The average molecular weight is 262 g/mol. The Morgan fingerprint density at radius 2 is 1.84 bits per heavy atom. The molecule has 108 valence electrons. The fourth-order valence-electron chi connectivity index (χ4n) is 2.13. The van der Waals surface area contributed by atoms with E-state index in [1.54, 1.807) is 0 Å². The molecule has 1 atom stereocenters. The molecule has 0 fully saturated rings. The first-order chi connectivity index (χ1) is 9.00. The Hall–Kier alpha value is -0.860. The topological polar surface area (TPSA) is 15.3 Å². The molecule has 0 amide bonds. The predicted molar refractivity (Wildman–Crippen MR) is 84.4 cm³/mol. The molecule has 0 aliphatic heterocycles. The van der Waals surface area contributed by atoms with Crippen molar-refractivity contribution in [1.29, 1.82) is 0 Å². The van der Waals surface area contributed by atoms with E-state index in [1.165, 1.54) is 17.5 Å². The van der Waals surface area contributed by atoms with Gasteiger partial charge in [-0.3, -0.25) is 4.90 Å². The predicted octanol–water partition coefficient (Wildman–Crippen LogP) is 3.45. The lowest BCUT2D eigenvalue weighted by molar-refractivity contribution is 0.235. The third-order valence-electron chi connectivity index (χ3n) is 3.72. The Balaban J connectivity index is 2.32. The zero-order valence-corrected chi connectivity index (χ0v) is 13.2. The third kappa shape index (κ3) is 6.22. The van der Waals surface area contributed by atoms with Crippen LogP contribution in [-0.2, 0) is 6.54 Å². The van der Waals surface area contributed by atoms with Crippen molar-refractivity contribution in [3.8, 4) is 0 Å². The average Bonchev–Trinajstić information content (AvgIpc) is 2.36. The van der Waals surface area contributed by atoms with Crippen molar-refractivity contribution in [1.82, 2.24) is 10.2 Å². The summed E-state index contributed by atoms with van der Waals surface area (Å²) >= 11 is 0. The Bertz CT molecular complexity index is 360. The van der Waals surface area contributed by atoms with Gasteiger partial charge in [-0.2, -0.15) is 0 Å². The van der Waals surface area contributed by atoms with E-state index in [2.05, 4.69) is 69.2 Å². The first kappa shape index (κ1) is 16.2. The van der Waals surface area contributed by atoms with E-state index in [1.807, 2.05) is 0 Å². The Kier molecular flexibility index (Phi) is 7.11. The Labute approximate surface area is 119 Å². The SMILES string of the molecule is Cc1ccccc1CN(C)C(C)CCNCC(C)C. The summed E-state index contributed by atoms with van der Waals surface area (Å²) < 4.78 is 0. The fraction of sp³-hybridized carbons (Fsp3) is 0.647. The maximum atomic E-state index is 3.52. The second kappa shape index (κ2) is 8.34. The molecule has 0 heterocycles. The maximum absolute atomic E-state index is 3.52. The minimum Gasteiger partial charge on any atom is -0.316 e. The van der Waals surface area contributed by atoms with Crippen LogP contribution < -0.4 is 5.32 Å². The number of rotatable bonds is 8. The molecule has 1 rings (SSSR count). The van der Waals surface area contributed by atoms with Crippen LogP contribution in [0.1, 0.15) is 38.3 Å². The van der Waals surface area contributed by atoms with Crippen molar-refractivity contribution in [2.45, 2.75) is 46.7 Å². The van der Waals surface area contributed by atoms with E-state index in [4.69, 9.17) is 0 Å². The number of nitrogens with zero attached hydrogens (tertiary/aromatic N) is 1. The first-order valence-electron chi connectivity index (χ1n) is 7.46. The summed E-state index contributed by atoms with van der Waals surface area (Å²) in [6.07, 6.45) is 1.20. The van der Waals surface area contributed by atoms with Gasteiger partial charge in [0, 0.05) is 12.6 Å². The van der Waals surface area contributed by atoms with Crippen LogP contribution in [0.5, 0.6) is 0 Å². The minimum absolute atomic E-state index is 0.610. The van der Waals surface area contributed by atoms with Crippen molar-refractivity contribution >= 4 is 0 Å². The molecule has 0 saturated heterocycles. The number of hydrogen-bond donors (Lipinski definition) is 1. The van der Waals surface area contributed by atoms with Gasteiger partial charge in [0.1, 0.15) is 0 Å². The summed E-state index contributed by atoms with van der Waals surface area (Å²) in [6.45, 7) is 12.3. The largest absolute Gasteiger partial charge is 0.316 e. The normalized spacial score (nSPS) is 13.2. The lowest BCUT2D eigenvalue weighted by Gasteiger charge is -2.25. The van der Waals surface area contributed by atoms with Gasteiger partial charge < -0.3 is 5.32 Å². The molecule has 19 heavy (non-hydrogen) atoms. The lowest BCUT2D eigenvalue weighted by atomic mass is 10.1.